The van der Waals surface area contributed by atoms with Crippen LogP contribution in [0, 0.1) is 0 Å². The summed E-state index contributed by atoms with van der Waals surface area (Å²) < 4.78 is 40.1. The third kappa shape index (κ3) is 4.16. The van der Waals surface area contributed by atoms with Crippen molar-refractivity contribution in [1.29, 1.82) is 0 Å². The van der Waals surface area contributed by atoms with E-state index in [0.29, 0.717) is 16.8 Å². The van der Waals surface area contributed by atoms with Crippen molar-refractivity contribution >= 4 is 17.0 Å². The minimum absolute atomic E-state index is 0.0140. The smallest absolute Gasteiger partial charge is 0.419 e. The van der Waals surface area contributed by atoms with E-state index >= 15 is 0 Å². The first-order valence-electron chi connectivity index (χ1n) is 9.36. The first-order chi connectivity index (χ1) is 13.9. The first-order valence-corrected chi connectivity index (χ1v) is 9.36. The Labute approximate surface area is 165 Å². The van der Waals surface area contributed by atoms with E-state index < -0.39 is 36.6 Å². The summed E-state index contributed by atoms with van der Waals surface area (Å²) in [5.74, 6) is -3.42. The third-order valence-electron chi connectivity index (χ3n) is 5.01. The summed E-state index contributed by atoms with van der Waals surface area (Å²) in [5.41, 5.74) is 0.993. The molecule has 1 fully saturated rings. The van der Waals surface area contributed by atoms with Crippen molar-refractivity contribution < 1.29 is 22.7 Å². The second-order valence-corrected chi connectivity index (χ2v) is 7.10. The molecule has 2 heterocycles. The monoisotopic (exact) mass is 402 g/mol. The molecule has 0 radical (unpaired) electrons. The normalized spacial score (nSPS) is 18.3. The van der Waals surface area contributed by atoms with Crippen LogP contribution >= 0.6 is 0 Å². The highest BCUT2D eigenvalue weighted by atomic mass is 19.3. The second kappa shape index (κ2) is 7.69. The number of likely N-dealkylation sites (tertiary alicyclic amines) is 1. The molecule has 152 valence electrons. The number of nitrogens with zero attached hydrogens (tertiary/aromatic N) is 2. The number of oxazole rings is 1. The van der Waals surface area contributed by atoms with Crippen molar-refractivity contribution in [2.75, 3.05) is 13.2 Å². The van der Waals surface area contributed by atoms with Crippen LogP contribution in [0.5, 0.6) is 5.75 Å². The average molecular weight is 402 g/mol. The molecule has 0 aliphatic carbocycles. The van der Waals surface area contributed by atoms with Crippen LogP contribution in [-0.4, -0.2) is 40.5 Å². The largest absolute Gasteiger partial charge is 0.491 e. The molecule has 8 heteroatoms. The number of ether oxygens (including phenoxy) is 1. The number of benzene rings is 2. The van der Waals surface area contributed by atoms with E-state index in [9.17, 15) is 18.4 Å². The van der Waals surface area contributed by atoms with Crippen LogP contribution in [0.25, 0.3) is 11.1 Å². The molecule has 1 saturated heterocycles. The van der Waals surface area contributed by atoms with Crippen LogP contribution in [0.4, 0.5) is 8.78 Å². The van der Waals surface area contributed by atoms with Crippen LogP contribution in [0.1, 0.15) is 12.8 Å². The zero-order valence-corrected chi connectivity index (χ0v) is 15.6. The van der Waals surface area contributed by atoms with Crippen molar-refractivity contribution in [1.82, 2.24) is 9.47 Å². The molecular weight excluding hydrogens is 382 g/mol. The topological polar surface area (TPSA) is 64.7 Å². The number of hydrogen-bond acceptors (Lipinski definition) is 4. The lowest BCUT2D eigenvalue weighted by molar-refractivity contribution is -0.134. The van der Waals surface area contributed by atoms with Gasteiger partial charge in [-0.15, -0.1) is 0 Å². The number of aromatic nitrogens is 1. The van der Waals surface area contributed by atoms with E-state index in [0.717, 1.165) is 4.90 Å². The third-order valence-corrected chi connectivity index (χ3v) is 5.01. The molecule has 0 saturated carbocycles. The Balaban J connectivity index is 1.44. The number of rotatable bonds is 6. The Hall–Kier alpha value is -3.16. The van der Waals surface area contributed by atoms with Gasteiger partial charge in [0.25, 0.3) is 5.92 Å². The van der Waals surface area contributed by atoms with E-state index in [2.05, 4.69) is 0 Å². The van der Waals surface area contributed by atoms with Crippen molar-refractivity contribution in [3.05, 3.63) is 65.1 Å². The highest BCUT2D eigenvalue weighted by Gasteiger charge is 2.47. The van der Waals surface area contributed by atoms with Gasteiger partial charge in [0.2, 0.25) is 5.91 Å². The molecule has 1 aromatic heterocycles. The highest BCUT2D eigenvalue weighted by molar-refractivity contribution is 5.77. The summed E-state index contributed by atoms with van der Waals surface area (Å²) in [4.78, 5) is 25.9. The van der Waals surface area contributed by atoms with Gasteiger partial charge in [0.15, 0.2) is 5.58 Å². The molecule has 0 N–H and O–H groups in total. The summed E-state index contributed by atoms with van der Waals surface area (Å²) in [6, 6.07) is 15.0. The summed E-state index contributed by atoms with van der Waals surface area (Å²) in [6.07, 6.45) is -0.526. The fraction of sp³-hybridized carbons (Fsp3) is 0.333. The second-order valence-electron chi connectivity index (χ2n) is 7.10. The summed E-state index contributed by atoms with van der Waals surface area (Å²) in [5, 5.41) is 0. The number of carbonyl (C=O) groups excluding carboxylic acids is 1. The van der Waals surface area contributed by atoms with Gasteiger partial charge in [-0.25, -0.2) is 13.6 Å². The van der Waals surface area contributed by atoms with E-state index in [1.165, 1.54) is 4.57 Å². The SMILES string of the molecule is O=C(CCn1c(=O)oc2ccccc21)N1CC(F)(F)C[C@H]1COc1ccccc1. The van der Waals surface area contributed by atoms with Crippen LogP contribution in [0.2, 0.25) is 0 Å². The van der Waals surface area contributed by atoms with E-state index in [1.807, 2.05) is 6.07 Å². The van der Waals surface area contributed by atoms with Gasteiger partial charge >= 0.3 is 5.76 Å². The predicted octanol–water partition coefficient (Wildman–Crippen LogP) is 3.30. The van der Waals surface area contributed by atoms with E-state index in [4.69, 9.17) is 9.15 Å². The maximum atomic E-state index is 14.0. The molecule has 0 spiro atoms. The molecule has 3 aromatic rings. The molecule has 1 aliphatic heterocycles. The Morgan fingerprint density at radius 1 is 1.14 bits per heavy atom. The van der Waals surface area contributed by atoms with Gasteiger partial charge < -0.3 is 14.1 Å². The molecule has 6 nitrogen and oxygen atoms in total. The number of amides is 1. The predicted molar refractivity (Wildman–Crippen MR) is 102 cm³/mol. The number of halogens is 2. The molecule has 4 rings (SSSR count). The van der Waals surface area contributed by atoms with E-state index in [-0.39, 0.29) is 19.6 Å². The van der Waals surface area contributed by atoms with Crippen LogP contribution in [0.3, 0.4) is 0 Å². The highest BCUT2D eigenvalue weighted by Crippen LogP contribution is 2.33. The molecule has 1 aliphatic rings. The van der Waals surface area contributed by atoms with Crippen molar-refractivity contribution in [3.8, 4) is 5.75 Å². The fourth-order valence-electron chi connectivity index (χ4n) is 3.62. The molecule has 1 amide bonds. The number of alkyl halides is 2. The van der Waals surface area contributed by atoms with E-state index in [1.54, 1.807) is 48.5 Å². The van der Waals surface area contributed by atoms with Crippen LogP contribution < -0.4 is 10.5 Å². The minimum Gasteiger partial charge on any atom is -0.491 e. The Morgan fingerprint density at radius 2 is 1.86 bits per heavy atom. The average Bonchev–Trinajstić information content (AvgIpc) is 3.20. The van der Waals surface area contributed by atoms with Crippen LogP contribution in [-0.2, 0) is 11.3 Å². The maximum Gasteiger partial charge on any atom is 0.419 e. The molecule has 1 atom stereocenters. The molecular formula is C21H20F2N2O4. The Bertz CT molecular complexity index is 1060. The number of hydrogen-bond donors (Lipinski definition) is 0. The number of aryl methyl sites for hydroxylation is 1. The van der Waals surface area contributed by atoms with Gasteiger partial charge in [0.05, 0.1) is 18.1 Å². The number of para-hydroxylation sites is 3. The summed E-state index contributed by atoms with van der Waals surface area (Å²) in [6.45, 7) is -0.599. The van der Waals surface area contributed by atoms with Crippen molar-refractivity contribution in [2.24, 2.45) is 0 Å². The molecule has 2 aromatic carbocycles. The Kier molecular flexibility index (Phi) is 5.08. The maximum absolute atomic E-state index is 14.0. The fourth-order valence-corrected chi connectivity index (χ4v) is 3.62. The zero-order chi connectivity index (χ0) is 20.4. The van der Waals surface area contributed by atoms with Crippen molar-refractivity contribution in [3.63, 3.8) is 0 Å². The standard InChI is InChI=1S/C21H20F2N2O4/c22-21(23)12-15(13-28-16-6-2-1-3-7-16)25(14-21)19(26)10-11-24-17-8-4-5-9-18(17)29-20(24)27/h1-9,15H,10-14H2/t15-/m0/s1. The minimum atomic E-state index is -2.96. The van der Waals surface area contributed by atoms with Gasteiger partial charge in [0, 0.05) is 19.4 Å². The molecule has 29 heavy (non-hydrogen) atoms. The zero-order valence-electron chi connectivity index (χ0n) is 15.6. The first kappa shape index (κ1) is 19.2. The molecule has 0 bridgehead atoms. The quantitative estimate of drug-likeness (QED) is 0.635. The lowest BCUT2D eigenvalue weighted by atomic mass is 10.2. The van der Waals surface area contributed by atoms with Gasteiger partial charge in [-0.2, -0.15) is 0 Å². The lowest BCUT2D eigenvalue weighted by Crippen LogP contribution is -2.40. The Morgan fingerprint density at radius 3 is 2.66 bits per heavy atom. The van der Waals surface area contributed by atoms with Crippen molar-refractivity contribution in [2.45, 2.75) is 31.4 Å². The summed E-state index contributed by atoms with van der Waals surface area (Å²) >= 11 is 0. The summed E-state index contributed by atoms with van der Waals surface area (Å²) in [7, 11) is 0. The lowest BCUT2D eigenvalue weighted by Gasteiger charge is -2.24. The van der Waals surface area contributed by atoms with Gasteiger partial charge in [-0.1, -0.05) is 30.3 Å². The van der Waals surface area contributed by atoms with Crippen LogP contribution in [0.15, 0.2) is 63.8 Å². The van der Waals surface area contributed by atoms with Gasteiger partial charge in [-0.05, 0) is 24.3 Å². The molecule has 0 unspecified atom stereocenters. The van der Waals surface area contributed by atoms with Gasteiger partial charge in [0.1, 0.15) is 12.4 Å². The number of fused-ring (bicyclic) bond motifs is 1. The van der Waals surface area contributed by atoms with Gasteiger partial charge in [-0.3, -0.25) is 9.36 Å². The number of carbonyl (C=O) groups is 1.